The van der Waals surface area contributed by atoms with Gasteiger partial charge in [0.15, 0.2) is 5.78 Å². The summed E-state index contributed by atoms with van der Waals surface area (Å²) in [5.41, 5.74) is 2.71. The standard InChI is InChI=1S/C17H17NO2/c1-3-13-8-4-5-10-15(13)17(20)18-16-11-7-6-9-14(16)12(2)19/h4-11H,3H2,1-2H3,(H,18,20). The quantitative estimate of drug-likeness (QED) is 0.858. The van der Waals surface area contributed by atoms with E-state index in [0.29, 0.717) is 16.8 Å². The lowest BCUT2D eigenvalue weighted by Gasteiger charge is -2.11. The third kappa shape index (κ3) is 2.94. The van der Waals surface area contributed by atoms with Gasteiger partial charge in [-0.05, 0) is 37.1 Å². The van der Waals surface area contributed by atoms with Gasteiger partial charge < -0.3 is 5.32 Å². The second kappa shape index (κ2) is 6.15. The lowest BCUT2D eigenvalue weighted by molar-refractivity contribution is 0.101. The highest BCUT2D eigenvalue weighted by Crippen LogP contribution is 2.18. The van der Waals surface area contributed by atoms with Crippen LogP contribution in [0.3, 0.4) is 0 Å². The van der Waals surface area contributed by atoms with Crippen LogP contribution in [0.1, 0.15) is 40.1 Å². The largest absolute Gasteiger partial charge is 0.321 e. The Morgan fingerprint density at radius 3 is 2.20 bits per heavy atom. The minimum absolute atomic E-state index is 0.0651. The van der Waals surface area contributed by atoms with E-state index in [1.54, 1.807) is 30.3 Å². The fourth-order valence-electron chi connectivity index (χ4n) is 2.14. The molecule has 0 spiro atoms. The van der Waals surface area contributed by atoms with Gasteiger partial charge in [-0.3, -0.25) is 9.59 Å². The molecule has 2 rings (SSSR count). The van der Waals surface area contributed by atoms with Crippen molar-refractivity contribution in [3.05, 3.63) is 65.2 Å². The zero-order valence-electron chi connectivity index (χ0n) is 11.6. The number of anilines is 1. The second-order valence-corrected chi connectivity index (χ2v) is 4.57. The molecule has 0 saturated carbocycles. The van der Waals surface area contributed by atoms with Gasteiger partial charge in [0.25, 0.3) is 5.91 Å². The van der Waals surface area contributed by atoms with Gasteiger partial charge in [-0.1, -0.05) is 37.3 Å². The van der Waals surface area contributed by atoms with Crippen molar-refractivity contribution in [2.45, 2.75) is 20.3 Å². The summed E-state index contributed by atoms with van der Waals surface area (Å²) in [5, 5.41) is 2.82. The number of carbonyl (C=O) groups excluding carboxylic acids is 2. The number of rotatable bonds is 4. The van der Waals surface area contributed by atoms with Gasteiger partial charge >= 0.3 is 0 Å². The highest BCUT2D eigenvalue weighted by Gasteiger charge is 2.13. The number of aryl methyl sites for hydroxylation is 1. The van der Waals surface area contributed by atoms with Crippen LogP contribution in [0.15, 0.2) is 48.5 Å². The Morgan fingerprint density at radius 2 is 1.55 bits per heavy atom. The molecule has 102 valence electrons. The molecule has 1 amide bonds. The summed E-state index contributed by atoms with van der Waals surface area (Å²) in [7, 11) is 0. The summed E-state index contributed by atoms with van der Waals surface area (Å²) in [5.74, 6) is -0.249. The monoisotopic (exact) mass is 267 g/mol. The van der Waals surface area contributed by atoms with Gasteiger partial charge in [0.1, 0.15) is 0 Å². The summed E-state index contributed by atoms with van der Waals surface area (Å²) in [4.78, 5) is 23.9. The summed E-state index contributed by atoms with van der Waals surface area (Å²) in [6, 6.07) is 14.5. The van der Waals surface area contributed by atoms with Gasteiger partial charge in [0.05, 0.1) is 5.69 Å². The molecular formula is C17H17NO2. The highest BCUT2D eigenvalue weighted by molar-refractivity contribution is 6.09. The maximum atomic E-state index is 12.3. The van der Waals surface area contributed by atoms with Crippen LogP contribution in [0.2, 0.25) is 0 Å². The van der Waals surface area contributed by atoms with E-state index in [1.165, 1.54) is 6.92 Å². The minimum Gasteiger partial charge on any atom is -0.321 e. The lowest BCUT2D eigenvalue weighted by atomic mass is 10.0. The molecule has 3 nitrogen and oxygen atoms in total. The van der Waals surface area contributed by atoms with Crippen LogP contribution in [0.25, 0.3) is 0 Å². The van der Waals surface area contributed by atoms with Crippen LogP contribution in [0.4, 0.5) is 5.69 Å². The molecule has 0 saturated heterocycles. The Morgan fingerprint density at radius 1 is 0.950 bits per heavy atom. The average Bonchev–Trinajstić information content (AvgIpc) is 2.47. The van der Waals surface area contributed by atoms with Crippen LogP contribution in [-0.4, -0.2) is 11.7 Å². The van der Waals surface area contributed by atoms with E-state index >= 15 is 0 Å². The SMILES string of the molecule is CCc1ccccc1C(=O)Nc1ccccc1C(C)=O. The van der Waals surface area contributed by atoms with Gasteiger partial charge in [0, 0.05) is 11.1 Å². The smallest absolute Gasteiger partial charge is 0.255 e. The van der Waals surface area contributed by atoms with E-state index in [1.807, 2.05) is 25.1 Å². The van der Waals surface area contributed by atoms with Crippen molar-refractivity contribution < 1.29 is 9.59 Å². The number of hydrogen-bond acceptors (Lipinski definition) is 2. The van der Waals surface area contributed by atoms with Crippen molar-refractivity contribution in [3.8, 4) is 0 Å². The van der Waals surface area contributed by atoms with Crippen molar-refractivity contribution in [2.24, 2.45) is 0 Å². The molecule has 0 aliphatic heterocycles. The minimum atomic E-state index is -0.184. The summed E-state index contributed by atoms with van der Waals surface area (Å²) in [6.07, 6.45) is 0.790. The summed E-state index contributed by atoms with van der Waals surface area (Å²) < 4.78 is 0. The maximum absolute atomic E-state index is 12.3. The van der Waals surface area contributed by atoms with E-state index in [0.717, 1.165) is 12.0 Å². The Labute approximate surface area is 118 Å². The molecule has 2 aromatic rings. The van der Waals surface area contributed by atoms with E-state index in [9.17, 15) is 9.59 Å². The van der Waals surface area contributed by atoms with E-state index in [4.69, 9.17) is 0 Å². The summed E-state index contributed by atoms with van der Waals surface area (Å²) in [6.45, 7) is 3.50. The number of Topliss-reactive ketones (excluding diaryl/α,β-unsaturated/α-hetero) is 1. The number of hydrogen-bond donors (Lipinski definition) is 1. The molecule has 2 aromatic carbocycles. The number of para-hydroxylation sites is 1. The van der Waals surface area contributed by atoms with Crippen LogP contribution in [0, 0.1) is 0 Å². The Hall–Kier alpha value is -2.42. The number of carbonyl (C=O) groups is 2. The summed E-state index contributed by atoms with van der Waals surface area (Å²) >= 11 is 0. The highest BCUT2D eigenvalue weighted by atomic mass is 16.1. The van der Waals surface area contributed by atoms with Gasteiger partial charge in [-0.25, -0.2) is 0 Å². The number of benzene rings is 2. The van der Waals surface area contributed by atoms with Crippen molar-refractivity contribution in [3.63, 3.8) is 0 Å². The van der Waals surface area contributed by atoms with Crippen LogP contribution >= 0.6 is 0 Å². The maximum Gasteiger partial charge on any atom is 0.255 e. The molecule has 0 unspecified atom stereocenters. The van der Waals surface area contributed by atoms with E-state index in [-0.39, 0.29) is 11.7 Å². The topological polar surface area (TPSA) is 46.2 Å². The first-order valence-corrected chi connectivity index (χ1v) is 6.62. The molecule has 0 heterocycles. The van der Waals surface area contributed by atoms with Crippen molar-refractivity contribution >= 4 is 17.4 Å². The number of nitrogens with one attached hydrogen (secondary N) is 1. The first-order valence-electron chi connectivity index (χ1n) is 6.62. The normalized spacial score (nSPS) is 10.1. The molecule has 1 N–H and O–H groups in total. The third-order valence-electron chi connectivity index (χ3n) is 3.20. The molecule has 0 radical (unpaired) electrons. The second-order valence-electron chi connectivity index (χ2n) is 4.57. The molecule has 0 bridgehead atoms. The predicted octanol–water partition coefficient (Wildman–Crippen LogP) is 3.70. The van der Waals surface area contributed by atoms with Crippen molar-refractivity contribution in [2.75, 3.05) is 5.32 Å². The van der Waals surface area contributed by atoms with Gasteiger partial charge in [0.2, 0.25) is 0 Å². The fourth-order valence-corrected chi connectivity index (χ4v) is 2.14. The number of amides is 1. The Balaban J connectivity index is 2.31. The first kappa shape index (κ1) is 14.0. The fraction of sp³-hybridized carbons (Fsp3) is 0.176. The molecule has 0 atom stereocenters. The van der Waals surface area contributed by atoms with Crippen LogP contribution in [0.5, 0.6) is 0 Å². The van der Waals surface area contributed by atoms with E-state index < -0.39 is 0 Å². The Kier molecular flexibility index (Phi) is 4.31. The van der Waals surface area contributed by atoms with Crippen LogP contribution < -0.4 is 5.32 Å². The predicted molar refractivity (Wildman–Crippen MR) is 80.2 cm³/mol. The van der Waals surface area contributed by atoms with Crippen molar-refractivity contribution in [1.82, 2.24) is 0 Å². The van der Waals surface area contributed by atoms with Gasteiger partial charge in [-0.15, -0.1) is 0 Å². The molecule has 3 heteroatoms. The molecule has 0 aliphatic rings. The Bertz CT molecular complexity index is 647. The average molecular weight is 267 g/mol. The molecule has 0 aromatic heterocycles. The zero-order valence-corrected chi connectivity index (χ0v) is 11.6. The zero-order chi connectivity index (χ0) is 14.5. The van der Waals surface area contributed by atoms with Gasteiger partial charge in [-0.2, -0.15) is 0 Å². The van der Waals surface area contributed by atoms with E-state index in [2.05, 4.69) is 5.32 Å². The molecule has 0 aliphatic carbocycles. The van der Waals surface area contributed by atoms with Crippen LogP contribution in [-0.2, 0) is 6.42 Å². The number of ketones is 1. The molecule has 20 heavy (non-hydrogen) atoms. The lowest BCUT2D eigenvalue weighted by Crippen LogP contribution is -2.16. The third-order valence-corrected chi connectivity index (χ3v) is 3.20. The first-order chi connectivity index (χ1) is 9.63. The molecule has 0 fully saturated rings. The van der Waals surface area contributed by atoms with Crippen molar-refractivity contribution in [1.29, 1.82) is 0 Å². The molecular weight excluding hydrogens is 250 g/mol.